The number of nitrogens with zero attached hydrogens (tertiary/aromatic N) is 1. The molecular weight excluding hydrogens is 326 g/mol. The van der Waals surface area contributed by atoms with Crippen LogP contribution in [-0.4, -0.2) is 41.0 Å². The number of pyridine rings is 1. The zero-order valence-electron chi connectivity index (χ0n) is 15.1. The predicted molar refractivity (Wildman–Crippen MR) is 101 cm³/mol. The maximum absolute atomic E-state index is 12.5. The summed E-state index contributed by atoms with van der Waals surface area (Å²) in [4.78, 5) is 30.0. The zero-order valence-corrected chi connectivity index (χ0v) is 15.1. The third-order valence-corrected chi connectivity index (χ3v) is 5.64. The molecule has 1 aromatic carbocycles. The molecule has 0 unspecified atom stereocenters. The number of amides is 1. The summed E-state index contributed by atoms with van der Waals surface area (Å²) in [6.07, 6.45) is 5.73. The van der Waals surface area contributed by atoms with Crippen molar-refractivity contribution in [3.8, 4) is 0 Å². The molecule has 5 nitrogen and oxygen atoms in total. The third-order valence-electron chi connectivity index (χ3n) is 5.64. The van der Waals surface area contributed by atoms with Gasteiger partial charge in [0.05, 0.1) is 0 Å². The second-order valence-corrected chi connectivity index (χ2v) is 7.53. The van der Waals surface area contributed by atoms with Crippen LogP contribution in [0.3, 0.4) is 0 Å². The van der Waals surface area contributed by atoms with Crippen LogP contribution in [-0.2, 0) is 12.8 Å². The summed E-state index contributed by atoms with van der Waals surface area (Å²) in [5, 5.41) is 3.07. The third kappa shape index (κ3) is 3.44. The molecule has 26 heavy (non-hydrogen) atoms. The van der Waals surface area contributed by atoms with Gasteiger partial charge in [-0.25, -0.2) is 0 Å². The van der Waals surface area contributed by atoms with Gasteiger partial charge in [0.1, 0.15) is 5.56 Å². The van der Waals surface area contributed by atoms with Crippen LogP contribution in [0.4, 0.5) is 0 Å². The quantitative estimate of drug-likeness (QED) is 0.889. The van der Waals surface area contributed by atoms with E-state index >= 15 is 0 Å². The van der Waals surface area contributed by atoms with E-state index in [2.05, 4.69) is 39.5 Å². The van der Waals surface area contributed by atoms with Gasteiger partial charge in [0, 0.05) is 36.6 Å². The number of benzene rings is 1. The normalized spacial score (nSPS) is 20.7. The minimum Gasteiger partial charge on any atom is -0.364 e. The number of likely N-dealkylation sites (tertiary alicyclic amines) is 1. The van der Waals surface area contributed by atoms with Gasteiger partial charge in [-0.15, -0.1) is 0 Å². The highest BCUT2D eigenvalue weighted by molar-refractivity contribution is 5.94. The molecule has 1 aromatic heterocycles. The van der Waals surface area contributed by atoms with E-state index in [1.165, 1.54) is 23.4 Å². The molecule has 1 atom stereocenters. The van der Waals surface area contributed by atoms with Crippen molar-refractivity contribution in [2.24, 2.45) is 0 Å². The van der Waals surface area contributed by atoms with Crippen LogP contribution in [0.5, 0.6) is 0 Å². The summed E-state index contributed by atoms with van der Waals surface area (Å²) in [5.41, 5.74) is 3.64. The van der Waals surface area contributed by atoms with Crippen molar-refractivity contribution in [1.29, 1.82) is 0 Å². The van der Waals surface area contributed by atoms with Crippen LogP contribution in [0.15, 0.2) is 41.3 Å². The fourth-order valence-electron chi connectivity index (χ4n) is 4.26. The summed E-state index contributed by atoms with van der Waals surface area (Å²) >= 11 is 0. The van der Waals surface area contributed by atoms with Gasteiger partial charge in [0.15, 0.2) is 5.43 Å². The largest absolute Gasteiger partial charge is 0.364 e. The topological polar surface area (TPSA) is 65.2 Å². The Labute approximate surface area is 153 Å². The number of hydrogen-bond donors (Lipinski definition) is 2. The van der Waals surface area contributed by atoms with Crippen LogP contribution in [0.2, 0.25) is 0 Å². The summed E-state index contributed by atoms with van der Waals surface area (Å²) in [6, 6.07) is 10.8. The number of hydrogen-bond acceptors (Lipinski definition) is 3. The van der Waals surface area contributed by atoms with E-state index in [1.54, 1.807) is 0 Å². The Morgan fingerprint density at radius 3 is 2.65 bits per heavy atom. The second kappa shape index (κ2) is 7.08. The molecule has 2 aliphatic rings. The highest BCUT2D eigenvalue weighted by Gasteiger charge is 2.31. The van der Waals surface area contributed by atoms with E-state index < -0.39 is 0 Å². The Hall–Kier alpha value is -2.40. The van der Waals surface area contributed by atoms with E-state index in [0.717, 1.165) is 44.5 Å². The molecule has 0 saturated carbocycles. The van der Waals surface area contributed by atoms with Gasteiger partial charge in [0.2, 0.25) is 0 Å². The van der Waals surface area contributed by atoms with E-state index in [1.807, 2.05) is 6.92 Å². The molecule has 136 valence electrons. The van der Waals surface area contributed by atoms with Crippen molar-refractivity contribution in [1.82, 2.24) is 15.2 Å². The summed E-state index contributed by atoms with van der Waals surface area (Å²) in [6.45, 7) is 3.74. The van der Waals surface area contributed by atoms with Crippen LogP contribution in [0.25, 0.3) is 0 Å². The molecular formula is C21H25N3O2. The fraction of sp³-hybridized carbons (Fsp3) is 0.429. The molecule has 5 heteroatoms. The lowest BCUT2D eigenvalue weighted by Gasteiger charge is -2.37. The van der Waals surface area contributed by atoms with Crippen LogP contribution < -0.4 is 10.7 Å². The van der Waals surface area contributed by atoms with Crippen LogP contribution in [0, 0.1) is 6.92 Å². The molecule has 1 amide bonds. The first-order chi connectivity index (χ1) is 12.6. The molecule has 0 radical (unpaired) electrons. The minimum absolute atomic E-state index is 0.0978. The zero-order chi connectivity index (χ0) is 18.1. The number of H-pyrrole nitrogens is 1. The number of fused-ring (bicyclic) bond motifs is 1. The average molecular weight is 351 g/mol. The Balaban J connectivity index is 1.40. The van der Waals surface area contributed by atoms with Crippen molar-refractivity contribution in [3.05, 3.63) is 69.1 Å². The van der Waals surface area contributed by atoms with Crippen molar-refractivity contribution < 1.29 is 4.79 Å². The number of carbonyl (C=O) groups excluding carboxylic acids is 1. The summed E-state index contributed by atoms with van der Waals surface area (Å²) in [7, 11) is 0. The second-order valence-electron chi connectivity index (χ2n) is 7.53. The Kier molecular flexibility index (Phi) is 4.64. The molecule has 1 saturated heterocycles. The van der Waals surface area contributed by atoms with E-state index in [-0.39, 0.29) is 22.9 Å². The van der Waals surface area contributed by atoms with Gasteiger partial charge in [-0.05, 0) is 50.3 Å². The molecule has 1 aliphatic carbocycles. The van der Waals surface area contributed by atoms with Crippen molar-refractivity contribution in [2.45, 2.75) is 44.7 Å². The van der Waals surface area contributed by atoms with Gasteiger partial charge in [-0.3, -0.25) is 14.5 Å². The number of carbonyl (C=O) groups is 1. The van der Waals surface area contributed by atoms with Crippen molar-refractivity contribution in [3.63, 3.8) is 0 Å². The molecule has 0 spiro atoms. The lowest BCUT2D eigenvalue weighted by Crippen LogP contribution is -2.51. The molecule has 1 aliphatic heterocycles. The Bertz CT molecular complexity index is 849. The maximum Gasteiger partial charge on any atom is 0.257 e. The SMILES string of the molecule is Cc1cc(=O)c(C(=O)N[C@@H]2CCCN(C3Cc4ccccc4C3)C2)c[nH]1. The van der Waals surface area contributed by atoms with Gasteiger partial charge >= 0.3 is 0 Å². The lowest BCUT2D eigenvalue weighted by atomic mass is 10.0. The highest BCUT2D eigenvalue weighted by Crippen LogP contribution is 2.27. The van der Waals surface area contributed by atoms with Gasteiger partial charge < -0.3 is 10.3 Å². The van der Waals surface area contributed by atoms with E-state index in [4.69, 9.17) is 0 Å². The van der Waals surface area contributed by atoms with Gasteiger partial charge in [-0.1, -0.05) is 24.3 Å². The van der Waals surface area contributed by atoms with Crippen molar-refractivity contribution >= 4 is 5.91 Å². The first kappa shape index (κ1) is 17.0. The van der Waals surface area contributed by atoms with Crippen molar-refractivity contribution in [2.75, 3.05) is 13.1 Å². The molecule has 2 heterocycles. The fourth-order valence-corrected chi connectivity index (χ4v) is 4.26. The summed E-state index contributed by atoms with van der Waals surface area (Å²) in [5.74, 6) is -0.271. The first-order valence-corrected chi connectivity index (χ1v) is 9.41. The van der Waals surface area contributed by atoms with Gasteiger partial charge in [0.25, 0.3) is 5.91 Å². The number of nitrogens with one attached hydrogen (secondary N) is 2. The number of aryl methyl sites for hydroxylation is 1. The first-order valence-electron chi connectivity index (χ1n) is 9.41. The van der Waals surface area contributed by atoms with Gasteiger partial charge in [-0.2, -0.15) is 0 Å². The summed E-state index contributed by atoms with van der Waals surface area (Å²) < 4.78 is 0. The Morgan fingerprint density at radius 2 is 1.96 bits per heavy atom. The standard InChI is InChI=1S/C21H25N3O2/c1-14-9-20(25)19(12-22-14)21(26)23-17-7-4-8-24(13-17)18-10-15-5-2-3-6-16(15)11-18/h2-3,5-6,9,12,17-18H,4,7-8,10-11,13H2,1H3,(H,22,25)(H,23,26)/t17-/m1/s1. The molecule has 0 bridgehead atoms. The molecule has 2 aromatic rings. The van der Waals surface area contributed by atoms with E-state index in [0.29, 0.717) is 6.04 Å². The molecule has 2 N–H and O–H groups in total. The average Bonchev–Trinajstić information content (AvgIpc) is 3.06. The Morgan fingerprint density at radius 1 is 1.23 bits per heavy atom. The van der Waals surface area contributed by atoms with Crippen LogP contribution >= 0.6 is 0 Å². The lowest BCUT2D eigenvalue weighted by molar-refractivity contribution is 0.0875. The monoisotopic (exact) mass is 351 g/mol. The molecule has 1 fully saturated rings. The number of piperidine rings is 1. The van der Waals surface area contributed by atoms with E-state index in [9.17, 15) is 9.59 Å². The minimum atomic E-state index is -0.271. The number of rotatable bonds is 3. The number of aromatic nitrogens is 1. The maximum atomic E-state index is 12.5. The van der Waals surface area contributed by atoms with Crippen LogP contribution in [0.1, 0.15) is 40.0 Å². The predicted octanol–water partition coefficient (Wildman–Crippen LogP) is 2.04. The highest BCUT2D eigenvalue weighted by atomic mass is 16.2. The molecule has 4 rings (SSSR count). The number of aromatic amines is 1. The smallest absolute Gasteiger partial charge is 0.257 e.